The van der Waals surface area contributed by atoms with Crippen molar-refractivity contribution in [3.63, 3.8) is 0 Å². The third kappa shape index (κ3) is 4.19. The molecule has 1 fully saturated rings. The van der Waals surface area contributed by atoms with Crippen molar-refractivity contribution in [2.75, 3.05) is 19.7 Å². The molecular formula is C21H25N3O3S. The first-order valence-electron chi connectivity index (χ1n) is 9.92. The number of thiazole rings is 1. The quantitative estimate of drug-likeness (QED) is 0.798. The van der Waals surface area contributed by atoms with Gasteiger partial charge in [-0.1, -0.05) is 25.0 Å². The first-order valence-corrected chi connectivity index (χ1v) is 10.9. The van der Waals surface area contributed by atoms with Gasteiger partial charge in [-0.05, 0) is 37.3 Å². The molecule has 4 rings (SSSR count). The average molecular weight is 400 g/mol. The van der Waals surface area contributed by atoms with Crippen LogP contribution in [0.4, 0.5) is 0 Å². The second-order valence-electron chi connectivity index (χ2n) is 7.45. The van der Waals surface area contributed by atoms with Gasteiger partial charge < -0.3 is 15.0 Å². The van der Waals surface area contributed by atoms with Crippen LogP contribution in [0.15, 0.2) is 35.2 Å². The number of likely N-dealkylation sites (tertiary alicyclic amines) is 1. The molecule has 1 N–H and O–H groups in total. The summed E-state index contributed by atoms with van der Waals surface area (Å²) in [4.78, 5) is 31.7. The van der Waals surface area contributed by atoms with Crippen molar-refractivity contribution in [3.05, 3.63) is 46.4 Å². The molecule has 2 aromatic rings. The highest BCUT2D eigenvalue weighted by molar-refractivity contribution is 7.07. The summed E-state index contributed by atoms with van der Waals surface area (Å²) < 4.78 is 5.84. The molecule has 0 aliphatic carbocycles. The SMILES string of the molecule is O=C1N[C@@H]2CCN(C(=O)c3cscn3)C[C@@H]2CCCCCOc2ccccc21. The number of benzene rings is 1. The molecule has 148 valence electrons. The Morgan fingerprint density at radius 1 is 1.21 bits per heavy atom. The standard InChI is InChI=1S/C21H25N3O3S/c25-20-16-7-3-4-8-19(16)27-11-5-1-2-6-15-12-24(10-9-17(15)23-20)21(26)18-13-28-14-22-18/h3-4,7-8,13-15,17H,1-2,5-6,9-12H2,(H,23,25)/t15-,17+/m0/s1. The van der Waals surface area contributed by atoms with E-state index in [4.69, 9.17) is 4.74 Å². The third-order valence-corrected chi connectivity index (χ3v) is 6.18. The van der Waals surface area contributed by atoms with Crippen molar-refractivity contribution in [1.82, 2.24) is 15.2 Å². The van der Waals surface area contributed by atoms with Gasteiger partial charge in [-0.15, -0.1) is 11.3 Å². The van der Waals surface area contributed by atoms with E-state index in [1.165, 1.54) is 11.3 Å². The number of hydrogen-bond donors (Lipinski definition) is 1. The van der Waals surface area contributed by atoms with E-state index in [1.54, 1.807) is 10.9 Å². The lowest BCUT2D eigenvalue weighted by Gasteiger charge is -2.39. The molecular weight excluding hydrogens is 374 g/mol. The van der Waals surface area contributed by atoms with Crippen LogP contribution in [0, 0.1) is 5.92 Å². The summed E-state index contributed by atoms with van der Waals surface area (Å²) in [7, 11) is 0. The molecule has 3 heterocycles. The Balaban J connectivity index is 1.51. The van der Waals surface area contributed by atoms with Gasteiger partial charge in [-0.25, -0.2) is 4.98 Å². The maximum atomic E-state index is 12.9. The van der Waals surface area contributed by atoms with Gasteiger partial charge in [0.1, 0.15) is 11.4 Å². The van der Waals surface area contributed by atoms with Crippen LogP contribution in [-0.2, 0) is 0 Å². The van der Waals surface area contributed by atoms with Crippen LogP contribution in [-0.4, -0.2) is 47.4 Å². The van der Waals surface area contributed by atoms with E-state index in [9.17, 15) is 9.59 Å². The topological polar surface area (TPSA) is 71.5 Å². The molecule has 7 heteroatoms. The minimum absolute atomic E-state index is 0.00381. The maximum absolute atomic E-state index is 12.9. The largest absolute Gasteiger partial charge is 0.493 e. The lowest BCUT2D eigenvalue weighted by molar-refractivity contribution is 0.0600. The number of nitrogens with one attached hydrogen (secondary N) is 1. The highest BCUT2D eigenvalue weighted by Gasteiger charge is 2.33. The third-order valence-electron chi connectivity index (χ3n) is 5.60. The second kappa shape index (κ2) is 8.73. The van der Waals surface area contributed by atoms with E-state index in [-0.39, 0.29) is 23.8 Å². The van der Waals surface area contributed by atoms with E-state index in [0.29, 0.717) is 36.7 Å². The molecule has 2 amide bonds. The molecule has 1 aromatic carbocycles. The summed E-state index contributed by atoms with van der Waals surface area (Å²) >= 11 is 1.44. The molecule has 0 spiro atoms. The zero-order valence-corrected chi connectivity index (χ0v) is 16.6. The number of nitrogens with zero attached hydrogens (tertiary/aromatic N) is 2. The lowest BCUT2D eigenvalue weighted by atomic mass is 9.87. The molecule has 2 aliphatic rings. The molecule has 0 radical (unpaired) electrons. The smallest absolute Gasteiger partial charge is 0.273 e. The van der Waals surface area contributed by atoms with Crippen LogP contribution in [0.25, 0.3) is 0 Å². The van der Waals surface area contributed by atoms with Crippen LogP contribution >= 0.6 is 11.3 Å². The van der Waals surface area contributed by atoms with Gasteiger partial charge in [0.05, 0.1) is 17.7 Å². The first-order chi connectivity index (χ1) is 13.7. The molecule has 2 aliphatic heterocycles. The van der Waals surface area contributed by atoms with Gasteiger partial charge in [-0.3, -0.25) is 9.59 Å². The monoisotopic (exact) mass is 399 g/mol. The number of rotatable bonds is 1. The fourth-order valence-corrected chi connectivity index (χ4v) is 4.60. The van der Waals surface area contributed by atoms with E-state index < -0.39 is 0 Å². The van der Waals surface area contributed by atoms with Crippen molar-refractivity contribution in [3.8, 4) is 5.75 Å². The van der Waals surface area contributed by atoms with Crippen LogP contribution < -0.4 is 10.1 Å². The normalized spacial score (nSPS) is 23.3. The number of aromatic nitrogens is 1. The van der Waals surface area contributed by atoms with Gasteiger partial charge in [-0.2, -0.15) is 0 Å². The lowest BCUT2D eigenvalue weighted by Crippen LogP contribution is -2.52. The zero-order valence-electron chi connectivity index (χ0n) is 15.8. The predicted octanol–water partition coefficient (Wildman–Crippen LogP) is 3.36. The summed E-state index contributed by atoms with van der Waals surface area (Å²) in [5, 5.41) is 5.02. The fourth-order valence-electron chi connectivity index (χ4n) is 4.07. The van der Waals surface area contributed by atoms with E-state index in [0.717, 1.165) is 32.1 Å². The molecule has 6 nitrogen and oxygen atoms in total. The van der Waals surface area contributed by atoms with Gasteiger partial charge in [0.15, 0.2) is 0 Å². The Morgan fingerprint density at radius 3 is 2.96 bits per heavy atom. The molecule has 0 saturated carbocycles. The first kappa shape index (κ1) is 18.9. The summed E-state index contributed by atoms with van der Waals surface area (Å²) in [6.45, 7) is 1.92. The van der Waals surface area contributed by atoms with Gasteiger partial charge in [0.25, 0.3) is 11.8 Å². The van der Waals surface area contributed by atoms with Crippen molar-refractivity contribution in [1.29, 1.82) is 0 Å². The summed E-state index contributed by atoms with van der Waals surface area (Å²) in [6.07, 6.45) is 4.87. The highest BCUT2D eigenvalue weighted by atomic mass is 32.1. The van der Waals surface area contributed by atoms with Crippen LogP contribution in [0.1, 0.15) is 53.0 Å². The Morgan fingerprint density at radius 2 is 2.11 bits per heavy atom. The summed E-state index contributed by atoms with van der Waals surface area (Å²) in [5.74, 6) is 0.808. The van der Waals surface area contributed by atoms with Crippen LogP contribution in [0.5, 0.6) is 5.75 Å². The van der Waals surface area contributed by atoms with E-state index in [2.05, 4.69) is 10.3 Å². The number of ether oxygens (including phenoxy) is 1. The summed E-state index contributed by atoms with van der Waals surface area (Å²) in [5.41, 5.74) is 2.80. The zero-order chi connectivity index (χ0) is 19.3. The molecule has 2 atom stereocenters. The number of piperidine rings is 1. The fraction of sp³-hybridized carbons (Fsp3) is 0.476. The number of para-hydroxylation sites is 1. The average Bonchev–Trinajstić information content (AvgIpc) is 3.25. The van der Waals surface area contributed by atoms with Gasteiger partial charge >= 0.3 is 0 Å². The van der Waals surface area contributed by atoms with Crippen molar-refractivity contribution >= 4 is 23.2 Å². The molecule has 28 heavy (non-hydrogen) atoms. The van der Waals surface area contributed by atoms with Crippen LogP contribution in [0.2, 0.25) is 0 Å². The van der Waals surface area contributed by atoms with Crippen LogP contribution in [0.3, 0.4) is 0 Å². The Bertz CT molecular complexity index is 824. The van der Waals surface area contributed by atoms with Gasteiger partial charge in [0.2, 0.25) is 0 Å². The van der Waals surface area contributed by atoms with Crippen molar-refractivity contribution in [2.45, 2.75) is 38.1 Å². The number of carbonyl (C=O) groups excluding carboxylic acids is 2. The minimum atomic E-state index is -0.0922. The predicted molar refractivity (Wildman–Crippen MR) is 108 cm³/mol. The number of fused-ring (bicyclic) bond motifs is 2. The molecule has 1 saturated heterocycles. The van der Waals surface area contributed by atoms with Gasteiger partial charge in [0, 0.05) is 24.5 Å². The number of hydrogen-bond acceptors (Lipinski definition) is 5. The number of carbonyl (C=O) groups is 2. The Labute approximate surface area is 168 Å². The highest BCUT2D eigenvalue weighted by Crippen LogP contribution is 2.26. The second-order valence-corrected chi connectivity index (χ2v) is 8.17. The molecule has 0 unspecified atom stereocenters. The van der Waals surface area contributed by atoms with Crippen molar-refractivity contribution < 1.29 is 14.3 Å². The van der Waals surface area contributed by atoms with E-state index in [1.807, 2.05) is 29.2 Å². The molecule has 0 bridgehead atoms. The molecule has 1 aromatic heterocycles. The van der Waals surface area contributed by atoms with E-state index >= 15 is 0 Å². The minimum Gasteiger partial charge on any atom is -0.493 e. The summed E-state index contributed by atoms with van der Waals surface area (Å²) in [6, 6.07) is 7.49. The Hall–Kier alpha value is -2.41. The maximum Gasteiger partial charge on any atom is 0.273 e. The number of amides is 2. The van der Waals surface area contributed by atoms with Crippen molar-refractivity contribution in [2.24, 2.45) is 5.92 Å². The Kier molecular flexibility index (Phi) is 5.90.